The van der Waals surface area contributed by atoms with E-state index in [-0.39, 0.29) is 0 Å². The fourth-order valence-corrected chi connectivity index (χ4v) is 2.03. The zero-order valence-electron chi connectivity index (χ0n) is 8.50. The van der Waals surface area contributed by atoms with Crippen molar-refractivity contribution in [2.45, 2.75) is 12.8 Å². The van der Waals surface area contributed by atoms with Gasteiger partial charge >= 0.3 is 0 Å². The van der Waals surface area contributed by atoms with E-state index in [1.165, 1.54) is 0 Å². The predicted octanol–water partition coefficient (Wildman–Crippen LogP) is 0.722. The van der Waals surface area contributed by atoms with Gasteiger partial charge in [-0.2, -0.15) is 0 Å². The van der Waals surface area contributed by atoms with Gasteiger partial charge in [0.25, 0.3) is 0 Å². The van der Waals surface area contributed by atoms with E-state index < -0.39 is 0 Å². The Morgan fingerprint density at radius 3 is 2.21 bits per heavy atom. The van der Waals surface area contributed by atoms with E-state index in [1.54, 1.807) is 0 Å². The van der Waals surface area contributed by atoms with Crippen LogP contribution in [0.3, 0.4) is 0 Å². The highest BCUT2D eigenvalue weighted by atomic mass is 16.5. The number of rotatable bonds is 1. The van der Waals surface area contributed by atoms with Crippen molar-refractivity contribution in [2.75, 3.05) is 39.5 Å². The summed E-state index contributed by atoms with van der Waals surface area (Å²) in [5.41, 5.74) is 0. The molecule has 0 radical (unpaired) electrons. The molecule has 2 fully saturated rings. The average molecular weight is 198 g/mol. The van der Waals surface area contributed by atoms with Gasteiger partial charge in [0.1, 0.15) is 0 Å². The number of amidine groups is 1. The van der Waals surface area contributed by atoms with Crippen LogP contribution in [0.5, 0.6) is 0 Å². The molecule has 0 atom stereocenters. The Bertz CT molecular complexity index is 176. The minimum absolute atomic E-state index is 0.418. The fourth-order valence-electron chi connectivity index (χ4n) is 2.03. The molecule has 2 aliphatic heterocycles. The lowest BCUT2D eigenvalue weighted by Crippen LogP contribution is -2.44. The quantitative estimate of drug-likeness (QED) is 0.499. The number of hydrogen-bond donors (Lipinski definition) is 1. The molecule has 0 amide bonds. The minimum Gasteiger partial charge on any atom is -0.381 e. The maximum absolute atomic E-state index is 8.09. The van der Waals surface area contributed by atoms with Crippen LogP contribution in [0.1, 0.15) is 12.8 Å². The summed E-state index contributed by atoms with van der Waals surface area (Å²) in [5, 5.41) is 8.09. The van der Waals surface area contributed by atoms with Crippen molar-refractivity contribution in [1.82, 2.24) is 4.90 Å². The van der Waals surface area contributed by atoms with Crippen molar-refractivity contribution in [3.05, 3.63) is 0 Å². The standard InChI is InChI=1S/C10H18N2O2/c11-10(9-1-5-13-6-2-9)12-3-7-14-8-4-12/h9,11H,1-8H2. The monoisotopic (exact) mass is 198 g/mol. The van der Waals surface area contributed by atoms with E-state index in [2.05, 4.69) is 4.90 Å². The SMILES string of the molecule is N=C(C1CCOCC1)N1CCOCC1. The third kappa shape index (κ3) is 2.25. The molecule has 4 nitrogen and oxygen atoms in total. The summed E-state index contributed by atoms with van der Waals surface area (Å²) in [7, 11) is 0. The molecule has 2 aliphatic rings. The van der Waals surface area contributed by atoms with Crippen LogP contribution in [0.2, 0.25) is 0 Å². The Morgan fingerprint density at radius 2 is 1.57 bits per heavy atom. The van der Waals surface area contributed by atoms with E-state index >= 15 is 0 Å². The molecule has 4 heteroatoms. The zero-order valence-corrected chi connectivity index (χ0v) is 8.50. The van der Waals surface area contributed by atoms with Gasteiger partial charge in [0, 0.05) is 32.2 Å². The molecule has 0 spiro atoms. The Morgan fingerprint density at radius 1 is 1.00 bits per heavy atom. The Kier molecular flexibility index (Phi) is 3.37. The molecule has 2 rings (SSSR count). The highest BCUT2D eigenvalue weighted by Crippen LogP contribution is 2.18. The molecule has 80 valence electrons. The summed E-state index contributed by atoms with van der Waals surface area (Å²) in [6.07, 6.45) is 2.02. The van der Waals surface area contributed by atoms with Crippen LogP contribution >= 0.6 is 0 Å². The third-order valence-corrected chi connectivity index (χ3v) is 2.96. The summed E-state index contributed by atoms with van der Waals surface area (Å²) in [5.74, 6) is 1.22. The molecular weight excluding hydrogens is 180 g/mol. The van der Waals surface area contributed by atoms with Crippen LogP contribution in [0.15, 0.2) is 0 Å². The molecule has 0 aliphatic carbocycles. The second-order valence-electron chi connectivity index (χ2n) is 3.87. The molecule has 2 heterocycles. The molecule has 0 saturated carbocycles. The first-order valence-corrected chi connectivity index (χ1v) is 5.37. The van der Waals surface area contributed by atoms with Crippen molar-refractivity contribution in [3.8, 4) is 0 Å². The van der Waals surface area contributed by atoms with Crippen molar-refractivity contribution in [3.63, 3.8) is 0 Å². The largest absolute Gasteiger partial charge is 0.381 e. The van der Waals surface area contributed by atoms with Gasteiger partial charge < -0.3 is 14.4 Å². The molecule has 14 heavy (non-hydrogen) atoms. The predicted molar refractivity (Wildman–Crippen MR) is 53.7 cm³/mol. The van der Waals surface area contributed by atoms with Gasteiger partial charge in [0.15, 0.2) is 0 Å². The van der Waals surface area contributed by atoms with Gasteiger partial charge in [0.2, 0.25) is 0 Å². The molecule has 2 saturated heterocycles. The van der Waals surface area contributed by atoms with Gasteiger partial charge in [-0.1, -0.05) is 0 Å². The summed E-state index contributed by atoms with van der Waals surface area (Å²) < 4.78 is 10.6. The van der Waals surface area contributed by atoms with Gasteiger partial charge in [-0.25, -0.2) is 0 Å². The zero-order chi connectivity index (χ0) is 9.80. The first-order valence-electron chi connectivity index (χ1n) is 5.37. The Balaban J connectivity index is 1.85. The number of ether oxygens (including phenoxy) is 2. The van der Waals surface area contributed by atoms with Gasteiger partial charge in [-0.05, 0) is 12.8 Å². The van der Waals surface area contributed by atoms with Gasteiger partial charge in [0.05, 0.1) is 19.0 Å². The Labute approximate surface area is 84.7 Å². The normalized spacial score (nSPS) is 25.0. The number of nitrogens with zero attached hydrogens (tertiary/aromatic N) is 1. The highest BCUT2D eigenvalue weighted by molar-refractivity contribution is 5.81. The number of nitrogens with one attached hydrogen (secondary N) is 1. The smallest absolute Gasteiger partial charge is 0.0992 e. The summed E-state index contributed by atoms with van der Waals surface area (Å²) in [6, 6.07) is 0. The summed E-state index contributed by atoms with van der Waals surface area (Å²) >= 11 is 0. The lowest BCUT2D eigenvalue weighted by molar-refractivity contribution is 0.0556. The second kappa shape index (κ2) is 4.75. The lowest BCUT2D eigenvalue weighted by Gasteiger charge is -2.34. The van der Waals surface area contributed by atoms with Crippen LogP contribution in [-0.2, 0) is 9.47 Å². The molecule has 1 N–H and O–H groups in total. The van der Waals surface area contributed by atoms with E-state index in [4.69, 9.17) is 14.9 Å². The topological polar surface area (TPSA) is 45.5 Å². The average Bonchev–Trinajstić information content (AvgIpc) is 2.30. The molecule has 0 aromatic carbocycles. The lowest BCUT2D eigenvalue weighted by atomic mass is 9.98. The maximum Gasteiger partial charge on any atom is 0.0992 e. The van der Waals surface area contributed by atoms with Crippen LogP contribution < -0.4 is 0 Å². The number of morpholine rings is 1. The van der Waals surface area contributed by atoms with Crippen LogP contribution in [0, 0.1) is 11.3 Å². The fraction of sp³-hybridized carbons (Fsp3) is 0.900. The van der Waals surface area contributed by atoms with Crippen LogP contribution in [0.25, 0.3) is 0 Å². The van der Waals surface area contributed by atoms with Gasteiger partial charge in [-0.3, -0.25) is 5.41 Å². The molecule has 0 aromatic heterocycles. The second-order valence-corrected chi connectivity index (χ2v) is 3.87. The van der Waals surface area contributed by atoms with E-state index in [1.807, 2.05) is 0 Å². The highest BCUT2D eigenvalue weighted by Gasteiger charge is 2.23. The summed E-state index contributed by atoms with van der Waals surface area (Å²) in [6.45, 7) is 4.94. The molecular formula is C10H18N2O2. The minimum atomic E-state index is 0.418. The van der Waals surface area contributed by atoms with Crippen molar-refractivity contribution < 1.29 is 9.47 Å². The van der Waals surface area contributed by atoms with Crippen molar-refractivity contribution >= 4 is 5.84 Å². The van der Waals surface area contributed by atoms with E-state index in [0.29, 0.717) is 5.92 Å². The van der Waals surface area contributed by atoms with Crippen LogP contribution in [-0.4, -0.2) is 50.3 Å². The van der Waals surface area contributed by atoms with Crippen molar-refractivity contribution in [1.29, 1.82) is 5.41 Å². The van der Waals surface area contributed by atoms with E-state index in [0.717, 1.165) is 58.2 Å². The Hall–Kier alpha value is -0.610. The first-order chi connectivity index (χ1) is 6.88. The first kappa shape index (κ1) is 9.93. The molecule has 0 unspecified atom stereocenters. The summed E-state index contributed by atoms with van der Waals surface area (Å²) in [4.78, 5) is 2.15. The molecule has 0 bridgehead atoms. The van der Waals surface area contributed by atoms with Crippen LogP contribution in [0.4, 0.5) is 0 Å². The van der Waals surface area contributed by atoms with E-state index in [9.17, 15) is 0 Å². The van der Waals surface area contributed by atoms with Crippen molar-refractivity contribution in [2.24, 2.45) is 5.92 Å². The number of hydrogen-bond acceptors (Lipinski definition) is 3. The van der Waals surface area contributed by atoms with Gasteiger partial charge in [-0.15, -0.1) is 0 Å². The maximum atomic E-state index is 8.09. The molecule has 0 aromatic rings. The third-order valence-electron chi connectivity index (χ3n) is 2.96.